The van der Waals surface area contributed by atoms with Gasteiger partial charge in [-0.25, -0.2) is 0 Å². The molecule has 2 aromatic rings. The Kier molecular flexibility index (Phi) is 3.39. The number of rotatable bonds is 4. The van der Waals surface area contributed by atoms with Gasteiger partial charge >= 0.3 is 0 Å². The lowest BCUT2D eigenvalue weighted by molar-refractivity contribution is 0.152. The second kappa shape index (κ2) is 4.97. The third-order valence-electron chi connectivity index (χ3n) is 2.23. The third-order valence-corrected chi connectivity index (χ3v) is 2.23. The van der Waals surface area contributed by atoms with Crippen LogP contribution in [0.1, 0.15) is 25.8 Å². The van der Waals surface area contributed by atoms with Crippen LogP contribution in [-0.4, -0.2) is 21.9 Å². The van der Waals surface area contributed by atoms with E-state index in [9.17, 15) is 5.11 Å². The molecule has 0 unspecified atom stereocenters. The Morgan fingerprint density at radius 1 is 1.41 bits per heavy atom. The number of hydrogen-bond donors (Lipinski definition) is 1. The first-order chi connectivity index (χ1) is 8.22. The standard InChI is InChI=1S/C12H14N2O3/c1-3-16-10-7-5-4-6-9(10)11-13-12(8(2)15)17-14-11/h4-8,15H,3H2,1-2H3/t8-/m0/s1. The maximum Gasteiger partial charge on any atom is 0.255 e. The van der Waals surface area contributed by atoms with Gasteiger partial charge in [0.1, 0.15) is 11.9 Å². The summed E-state index contributed by atoms with van der Waals surface area (Å²) >= 11 is 0. The number of hydrogen-bond acceptors (Lipinski definition) is 5. The Morgan fingerprint density at radius 3 is 2.82 bits per heavy atom. The van der Waals surface area contributed by atoms with Crippen molar-refractivity contribution in [1.29, 1.82) is 0 Å². The number of para-hydroxylation sites is 1. The predicted molar refractivity (Wildman–Crippen MR) is 61.5 cm³/mol. The van der Waals surface area contributed by atoms with Crippen LogP contribution in [0, 0.1) is 0 Å². The molecule has 1 aromatic heterocycles. The quantitative estimate of drug-likeness (QED) is 0.878. The van der Waals surface area contributed by atoms with Crippen molar-refractivity contribution in [2.75, 3.05) is 6.61 Å². The van der Waals surface area contributed by atoms with E-state index in [1.165, 1.54) is 0 Å². The molecule has 0 saturated heterocycles. The average molecular weight is 234 g/mol. The zero-order valence-electron chi connectivity index (χ0n) is 9.75. The van der Waals surface area contributed by atoms with Gasteiger partial charge in [-0.15, -0.1) is 0 Å². The van der Waals surface area contributed by atoms with Crippen LogP contribution >= 0.6 is 0 Å². The molecule has 1 N–H and O–H groups in total. The highest BCUT2D eigenvalue weighted by Crippen LogP contribution is 2.28. The first-order valence-corrected chi connectivity index (χ1v) is 5.46. The van der Waals surface area contributed by atoms with Crippen molar-refractivity contribution in [3.05, 3.63) is 30.2 Å². The first kappa shape index (κ1) is 11.6. The van der Waals surface area contributed by atoms with Crippen LogP contribution in [0.25, 0.3) is 11.4 Å². The van der Waals surface area contributed by atoms with Crippen LogP contribution in [0.2, 0.25) is 0 Å². The third kappa shape index (κ3) is 2.45. The Morgan fingerprint density at radius 2 is 2.18 bits per heavy atom. The Hall–Kier alpha value is -1.88. The van der Waals surface area contributed by atoms with E-state index < -0.39 is 6.10 Å². The Bertz CT molecular complexity index is 494. The molecule has 1 heterocycles. The van der Waals surface area contributed by atoms with Crippen molar-refractivity contribution in [2.45, 2.75) is 20.0 Å². The topological polar surface area (TPSA) is 68.4 Å². The molecule has 17 heavy (non-hydrogen) atoms. The van der Waals surface area contributed by atoms with E-state index in [4.69, 9.17) is 9.26 Å². The molecule has 90 valence electrons. The molecule has 5 heteroatoms. The number of benzene rings is 1. The van der Waals surface area contributed by atoms with Crippen LogP contribution in [0.4, 0.5) is 0 Å². The summed E-state index contributed by atoms with van der Waals surface area (Å²) in [6.07, 6.45) is -0.768. The molecule has 1 atom stereocenters. The highest BCUT2D eigenvalue weighted by atomic mass is 16.5. The number of nitrogens with zero attached hydrogens (tertiary/aromatic N) is 2. The number of ether oxygens (including phenoxy) is 1. The van der Waals surface area contributed by atoms with Gasteiger partial charge in [-0.05, 0) is 26.0 Å². The maximum atomic E-state index is 9.33. The van der Waals surface area contributed by atoms with Crippen molar-refractivity contribution >= 4 is 0 Å². The minimum atomic E-state index is -0.768. The molecule has 1 aromatic carbocycles. The van der Waals surface area contributed by atoms with Gasteiger partial charge in [0.2, 0.25) is 5.82 Å². The van der Waals surface area contributed by atoms with Crippen molar-refractivity contribution in [2.24, 2.45) is 0 Å². The van der Waals surface area contributed by atoms with E-state index in [2.05, 4.69) is 10.1 Å². The van der Waals surface area contributed by atoms with Gasteiger partial charge in [0, 0.05) is 0 Å². The molecule has 2 rings (SSSR count). The molecule has 0 amide bonds. The number of aliphatic hydroxyl groups is 1. The fraction of sp³-hybridized carbons (Fsp3) is 0.333. The molecule has 0 bridgehead atoms. The molecule has 0 fully saturated rings. The van der Waals surface area contributed by atoms with Crippen LogP contribution in [0.5, 0.6) is 5.75 Å². The van der Waals surface area contributed by atoms with E-state index in [0.717, 1.165) is 5.56 Å². The molecule has 0 aliphatic rings. The second-order valence-electron chi connectivity index (χ2n) is 3.56. The van der Waals surface area contributed by atoms with Crippen LogP contribution in [0.15, 0.2) is 28.8 Å². The van der Waals surface area contributed by atoms with Gasteiger partial charge in [-0.1, -0.05) is 17.3 Å². The summed E-state index contributed by atoms with van der Waals surface area (Å²) in [5.41, 5.74) is 0.755. The van der Waals surface area contributed by atoms with Gasteiger partial charge in [0.05, 0.1) is 12.2 Å². The van der Waals surface area contributed by atoms with E-state index in [1.54, 1.807) is 6.92 Å². The number of aliphatic hydroxyl groups excluding tert-OH is 1. The summed E-state index contributed by atoms with van der Waals surface area (Å²) in [5.74, 6) is 1.32. The van der Waals surface area contributed by atoms with Crippen LogP contribution < -0.4 is 4.74 Å². The van der Waals surface area contributed by atoms with Crippen molar-refractivity contribution in [3.63, 3.8) is 0 Å². The average Bonchev–Trinajstić information content (AvgIpc) is 2.79. The molecule has 0 radical (unpaired) electrons. The molecular weight excluding hydrogens is 220 g/mol. The monoisotopic (exact) mass is 234 g/mol. The SMILES string of the molecule is CCOc1ccccc1-c1noc([C@H](C)O)n1. The lowest BCUT2D eigenvalue weighted by Crippen LogP contribution is -1.95. The fourth-order valence-corrected chi connectivity index (χ4v) is 1.45. The van der Waals surface area contributed by atoms with Gasteiger partial charge in [0.15, 0.2) is 0 Å². The first-order valence-electron chi connectivity index (χ1n) is 5.46. The van der Waals surface area contributed by atoms with Gasteiger partial charge < -0.3 is 14.4 Å². The summed E-state index contributed by atoms with van der Waals surface area (Å²) in [4.78, 5) is 4.12. The molecule has 0 spiro atoms. The fourth-order valence-electron chi connectivity index (χ4n) is 1.45. The highest BCUT2D eigenvalue weighted by Gasteiger charge is 2.15. The second-order valence-corrected chi connectivity index (χ2v) is 3.56. The molecule has 0 saturated carbocycles. The summed E-state index contributed by atoms with van der Waals surface area (Å²) < 4.78 is 10.4. The zero-order valence-corrected chi connectivity index (χ0v) is 9.75. The minimum absolute atomic E-state index is 0.200. The summed E-state index contributed by atoms with van der Waals surface area (Å²) in [5, 5.41) is 13.2. The molecule has 0 aliphatic carbocycles. The Balaban J connectivity index is 2.38. The lowest BCUT2D eigenvalue weighted by Gasteiger charge is -2.06. The zero-order chi connectivity index (χ0) is 12.3. The van der Waals surface area contributed by atoms with Crippen molar-refractivity contribution in [3.8, 4) is 17.1 Å². The van der Waals surface area contributed by atoms with Gasteiger partial charge in [0.25, 0.3) is 5.89 Å². The summed E-state index contributed by atoms with van der Waals surface area (Å²) in [6.45, 7) is 4.05. The highest BCUT2D eigenvalue weighted by molar-refractivity contribution is 5.63. The summed E-state index contributed by atoms with van der Waals surface area (Å²) in [6, 6.07) is 7.44. The summed E-state index contributed by atoms with van der Waals surface area (Å²) in [7, 11) is 0. The van der Waals surface area contributed by atoms with Crippen LogP contribution in [0.3, 0.4) is 0 Å². The van der Waals surface area contributed by atoms with Crippen LogP contribution in [-0.2, 0) is 0 Å². The molecular formula is C12H14N2O3. The molecule has 0 aliphatic heterocycles. The van der Waals surface area contributed by atoms with E-state index in [1.807, 2.05) is 31.2 Å². The van der Waals surface area contributed by atoms with Crippen molar-refractivity contribution < 1.29 is 14.4 Å². The van der Waals surface area contributed by atoms with Gasteiger partial charge in [-0.3, -0.25) is 0 Å². The van der Waals surface area contributed by atoms with E-state index in [-0.39, 0.29) is 5.89 Å². The predicted octanol–water partition coefficient (Wildman–Crippen LogP) is 2.19. The maximum absolute atomic E-state index is 9.33. The Labute approximate surface area is 99.0 Å². The lowest BCUT2D eigenvalue weighted by atomic mass is 10.2. The normalized spacial score (nSPS) is 12.4. The van der Waals surface area contributed by atoms with E-state index >= 15 is 0 Å². The largest absolute Gasteiger partial charge is 0.493 e. The van der Waals surface area contributed by atoms with E-state index in [0.29, 0.717) is 18.2 Å². The van der Waals surface area contributed by atoms with Gasteiger partial charge in [-0.2, -0.15) is 4.98 Å². The number of aromatic nitrogens is 2. The molecule has 5 nitrogen and oxygen atoms in total. The minimum Gasteiger partial charge on any atom is -0.493 e. The smallest absolute Gasteiger partial charge is 0.255 e. The van der Waals surface area contributed by atoms with Crippen molar-refractivity contribution in [1.82, 2.24) is 10.1 Å².